The van der Waals surface area contributed by atoms with E-state index in [0.29, 0.717) is 0 Å². The molecule has 6 heteroatoms. The summed E-state index contributed by atoms with van der Waals surface area (Å²) in [5.41, 5.74) is -0.780. The first kappa shape index (κ1) is 11.0. The summed E-state index contributed by atoms with van der Waals surface area (Å²) in [5.74, 6) is -1.15. The fourth-order valence-corrected chi connectivity index (χ4v) is 1.36. The third kappa shape index (κ3) is 2.04. The highest BCUT2D eigenvalue weighted by Crippen LogP contribution is 2.22. The minimum atomic E-state index is -2.84. The molecule has 0 aliphatic rings. The number of pyridine rings is 1. The number of aromatic nitrogens is 1. The summed E-state index contributed by atoms with van der Waals surface area (Å²) in [7, 11) is 0. The van der Waals surface area contributed by atoms with Crippen LogP contribution in [-0.2, 0) is 5.33 Å². The first-order valence-electron chi connectivity index (χ1n) is 3.53. The molecule has 1 aromatic rings. The normalized spacial score (nSPS) is 10.3. The molecule has 0 aliphatic heterocycles. The molecule has 0 unspecified atom stereocenters. The summed E-state index contributed by atoms with van der Waals surface area (Å²) in [6.45, 7) is 0. The van der Waals surface area contributed by atoms with E-state index < -0.39 is 18.1 Å². The molecular weight excluding hydrogens is 261 g/mol. The second-order valence-electron chi connectivity index (χ2n) is 2.42. The predicted octanol–water partition coefficient (Wildman–Crippen LogP) is 2.92. The number of alkyl halides is 3. The van der Waals surface area contributed by atoms with Gasteiger partial charge >= 0.3 is 0 Å². The van der Waals surface area contributed by atoms with E-state index in [0.717, 1.165) is 6.07 Å². The van der Waals surface area contributed by atoms with Crippen molar-refractivity contribution < 1.29 is 13.2 Å². The van der Waals surface area contributed by atoms with Gasteiger partial charge in [-0.1, -0.05) is 15.9 Å². The highest BCUT2D eigenvalue weighted by molar-refractivity contribution is 9.08. The molecule has 0 aliphatic carbocycles. The van der Waals surface area contributed by atoms with E-state index in [1.54, 1.807) is 6.07 Å². The van der Waals surface area contributed by atoms with Gasteiger partial charge in [-0.3, -0.25) is 0 Å². The van der Waals surface area contributed by atoms with Crippen LogP contribution < -0.4 is 0 Å². The van der Waals surface area contributed by atoms with Crippen LogP contribution in [0.3, 0.4) is 0 Å². The molecule has 0 amide bonds. The van der Waals surface area contributed by atoms with Crippen molar-refractivity contribution in [2.24, 2.45) is 0 Å². The lowest BCUT2D eigenvalue weighted by molar-refractivity contribution is 0.144. The van der Waals surface area contributed by atoms with Gasteiger partial charge < -0.3 is 0 Å². The van der Waals surface area contributed by atoms with Crippen molar-refractivity contribution in [2.45, 2.75) is 11.8 Å². The molecule has 0 saturated carbocycles. The van der Waals surface area contributed by atoms with Crippen molar-refractivity contribution in [2.75, 3.05) is 0 Å². The number of halogens is 4. The van der Waals surface area contributed by atoms with Gasteiger partial charge in [0.1, 0.15) is 17.3 Å². The Morgan fingerprint density at radius 2 is 2.21 bits per heavy atom. The molecule has 0 aromatic carbocycles. The Kier molecular flexibility index (Phi) is 3.47. The van der Waals surface area contributed by atoms with E-state index in [2.05, 4.69) is 20.9 Å². The van der Waals surface area contributed by atoms with Crippen LogP contribution in [-0.4, -0.2) is 4.98 Å². The Morgan fingerprint density at radius 1 is 1.57 bits per heavy atom. The topological polar surface area (TPSA) is 36.7 Å². The molecule has 1 aromatic heterocycles. The zero-order valence-electron chi connectivity index (χ0n) is 6.77. The first-order valence-corrected chi connectivity index (χ1v) is 4.65. The van der Waals surface area contributed by atoms with Crippen LogP contribution in [0.1, 0.15) is 23.2 Å². The molecule has 0 fully saturated rings. The lowest BCUT2D eigenvalue weighted by Crippen LogP contribution is -2.01. The molecule has 74 valence electrons. The molecule has 1 rings (SSSR count). The molecule has 14 heavy (non-hydrogen) atoms. The highest BCUT2D eigenvalue weighted by Gasteiger charge is 2.16. The maximum absolute atomic E-state index is 13.0. The summed E-state index contributed by atoms with van der Waals surface area (Å²) < 4.78 is 37.3. The van der Waals surface area contributed by atoms with E-state index in [4.69, 9.17) is 5.26 Å². The average Bonchev–Trinajstić information content (AvgIpc) is 2.16. The Bertz CT molecular complexity index is 387. The second kappa shape index (κ2) is 4.42. The predicted molar refractivity (Wildman–Crippen MR) is 46.5 cm³/mol. The van der Waals surface area contributed by atoms with Crippen LogP contribution in [0.15, 0.2) is 6.07 Å². The van der Waals surface area contributed by atoms with Gasteiger partial charge in [0.05, 0.1) is 0 Å². The van der Waals surface area contributed by atoms with Gasteiger partial charge in [-0.2, -0.15) is 9.65 Å². The summed E-state index contributed by atoms with van der Waals surface area (Å²) in [5, 5.41) is 8.66. The number of nitriles is 1. The maximum atomic E-state index is 13.0. The van der Waals surface area contributed by atoms with Crippen molar-refractivity contribution in [1.82, 2.24) is 4.98 Å². The molecule has 0 bridgehead atoms. The van der Waals surface area contributed by atoms with Crippen LogP contribution in [0.25, 0.3) is 0 Å². The van der Waals surface area contributed by atoms with Crippen molar-refractivity contribution in [3.05, 3.63) is 28.8 Å². The van der Waals surface area contributed by atoms with Gasteiger partial charge in [0.2, 0.25) is 5.95 Å². The van der Waals surface area contributed by atoms with E-state index in [-0.39, 0.29) is 16.5 Å². The average molecular weight is 265 g/mol. The van der Waals surface area contributed by atoms with Gasteiger partial charge in [0, 0.05) is 5.33 Å². The third-order valence-electron chi connectivity index (χ3n) is 1.56. The van der Waals surface area contributed by atoms with E-state index >= 15 is 0 Å². The summed E-state index contributed by atoms with van der Waals surface area (Å²) in [6, 6.07) is 2.58. The van der Waals surface area contributed by atoms with Gasteiger partial charge in [0.15, 0.2) is 0 Å². The van der Waals surface area contributed by atoms with E-state index in [9.17, 15) is 13.2 Å². The Hall–Kier alpha value is -1.09. The van der Waals surface area contributed by atoms with Crippen LogP contribution in [0.5, 0.6) is 0 Å². The lowest BCUT2D eigenvalue weighted by Gasteiger charge is -2.04. The number of rotatable bonds is 2. The molecule has 0 N–H and O–H groups in total. The number of hydrogen-bond donors (Lipinski definition) is 0. The van der Waals surface area contributed by atoms with E-state index in [1.807, 2.05) is 0 Å². The SMILES string of the molecule is N#Cc1c(CBr)cc(C(F)F)nc1F. The fraction of sp³-hybridized carbons (Fsp3) is 0.250. The van der Waals surface area contributed by atoms with Gasteiger partial charge in [-0.15, -0.1) is 0 Å². The summed E-state index contributed by atoms with van der Waals surface area (Å²) in [6.07, 6.45) is -2.84. The molecule has 0 radical (unpaired) electrons. The van der Waals surface area contributed by atoms with Gasteiger partial charge in [-0.25, -0.2) is 13.8 Å². The maximum Gasteiger partial charge on any atom is 0.280 e. The Balaban J connectivity index is 3.33. The summed E-state index contributed by atoms with van der Waals surface area (Å²) in [4.78, 5) is 2.99. The Labute approximate surface area is 86.5 Å². The fourth-order valence-electron chi connectivity index (χ4n) is 0.920. The minimum absolute atomic E-state index is 0.134. The highest BCUT2D eigenvalue weighted by atomic mass is 79.9. The number of nitrogens with zero attached hydrogens (tertiary/aromatic N) is 2. The molecule has 0 saturated heterocycles. The second-order valence-corrected chi connectivity index (χ2v) is 2.98. The van der Waals surface area contributed by atoms with Crippen LogP contribution in [0.2, 0.25) is 0 Å². The van der Waals surface area contributed by atoms with Crippen LogP contribution in [0.4, 0.5) is 13.2 Å². The van der Waals surface area contributed by atoms with Crippen LogP contribution >= 0.6 is 15.9 Å². The zero-order chi connectivity index (χ0) is 10.7. The largest absolute Gasteiger partial charge is 0.280 e. The molecule has 0 spiro atoms. The molecule has 0 atom stereocenters. The van der Waals surface area contributed by atoms with Crippen LogP contribution in [0, 0.1) is 17.3 Å². The smallest absolute Gasteiger partial charge is 0.218 e. The number of hydrogen-bond acceptors (Lipinski definition) is 2. The first-order chi connectivity index (χ1) is 6.60. The lowest BCUT2D eigenvalue weighted by atomic mass is 10.1. The third-order valence-corrected chi connectivity index (χ3v) is 2.16. The minimum Gasteiger partial charge on any atom is -0.218 e. The monoisotopic (exact) mass is 264 g/mol. The quantitative estimate of drug-likeness (QED) is 0.609. The molecular formula is C8H4BrF3N2. The van der Waals surface area contributed by atoms with Crippen molar-refractivity contribution in [1.29, 1.82) is 5.26 Å². The molecule has 1 heterocycles. The van der Waals surface area contributed by atoms with E-state index in [1.165, 1.54) is 0 Å². The van der Waals surface area contributed by atoms with Crippen molar-refractivity contribution >= 4 is 15.9 Å². The zero-order valence-corrected chi connectivity index (χ0v) is 8.35. The standard InChI is InChI=1S/C8H4BrF3N2/c9-2-4-1-6(7(10)11)14-8(12)5(4)3-13/h1,7H,2H2. The van der Waals surface area contributed by atoms with Gasteiger partial charge in [0.25, 0.3) is 6.43 Å². The summed E-state index contributed by atoms with van der Waals surface area (Å²) >= 11 is 2.98. The van der Waals surface area contributed by atoms with Crippen molar-refractivity contribution in [3.63, 3.8) is 0 Å². The Morgan fingerprint density at radius 3 is 2.64 bits per heavy atom. The molecule has 2 nitrogen and oxygen atoms in total. The van der Waals surface area contributed by atoms with Gasteiger partial charge in [-0.05, 0) is 11.6 Å². The van der Waals surface area contributed by atoms with Crippen molar-refractivity contribution in [3.8, 4) is 6.07 Å².